The van der Waals surface area contributed by atoms with Gasteiger partial charge in [-0.1, -0.05) is 42.8 Å². The molecule has 2 fully saturated rings. The lowest BCUT2D eigenvalue weighted by Gasteiger charge is -2.44. The second kappa shape index (κ2) is 10.3. The average molecular weight is 487 g/mol. The minimum Gasteiger partial charge on any atom is -0.311 e. The van der Waals surface area contributed by atoms with Crippen LogP contribution in [-0.2, 0) is 13.1 Å². The van der Waals surface area contributed by atoms with E-state index in [4.69, 9.17) is 0 Å². The van der Waals surface area contributed by atoms with Gasteiger partial charge in [-0.2, -0.15) is 5.10 Å². The highest BCUT2D eigenvalue weighted by atomic mass is 19.1. The zero-order valence-corrected chi connectivity index (χ0v) is 20.3. The molecule has 6 rings (SSSR count). The molecule has 9 heteroatoms. The van der Waals surface area contributed by atoms with Crippen LogP contribution < -0.4 is 0 Å². The summed E-state index contributed by atoms with van der Waals surface area (Å²) in [5.74, 6) is 0.691. The summed E-state index contributed by atoms with van der Waals surface area (Å²) < 4.78 is 17.4. The van der Waals surface area contributed by atoms with E-state index in [0.717, 1.165) is 43.6 Å². The maximum absolute atomic E-state index is 13.5. The summed E-state index contributed by atoms with van der Waals surface area (Å²) in [4.78, 5) is 9.23. The van der Waals surface area contributed by atoms with Gasteiger partial charge in [0.15, 0.2) is 5.82 Å². The Morgan fingerprint density at radius 2 is 1.58 bits per heavy atom. The standard InChI is InChI=1S/C27H31FN8/c28-24-10-6-21(7-11-24)16-35-20-30-32-27(35)26(34-14-12-33(13-15-34)25-2-1-3-25)23-8-4-22(5-9-23)17-36-19-29-18-31-36/h4-11,18-20,25-26H,1-3,12-17H2. The highest BCUT2D eigenvalue weighted by molar-refractivity contribution is 5.30. The van der Waals surface area contributed by atoms with Crippen LogP contribution in [0.1, 0.15) is 47.8 Å². The Labute approximate surface area is 210 Å². The first kappa shape index (κ1) is 23.0. The van der Waals surface area contributed by atoms with Crippen molar-refractivity contribution < 1.29 is 4.39 Å². The lowest BCUT2D eigenvalue weighted by molar-refractivity contribution is 0.0476. The first-order valence-corrected chi connectivity index (χ1v) is 12.7. The third kappa shape index (κ3) is 4.94. The zero-order valence-electron chi connectivity index (χ0n) is 20.3. The van der Waals surface area contributed by atoms with E-state index in [2.05, 4.69) is 58.9 Å². The van der Waals surface area contributed by atoms with E-state index in [0.29, 0.717) is 13.1 Å². The van der Waals surface area contributed by atoms with Crippen LogP contribution in [0.3, 0.4) is 0 Å². The van der Waals surface area contributed by atoms with Gasteiger partial charge in [0.1, 0.15) is 24.8 Å². The Balaban J connectivity index is 1.27. The van der Waals surface area contributed by atoms with Crippen LogP contribution in [0.4, 0.5) is 4.39 Å². The van der Waals surface area contributed by atoms with Gasteiger partial charge in [0.2, 0.25) is 0 Å². The molecule has 1 aliphatic carbocycles. The quantitative estimate of drug-likeness (QED) is 0.381. The first-order valence-electron chi connectivity index (χ1n) is 12.7. The minimum absolute atomic E-state index is 0.00286. The Morgan fingerprint density at radius 3 is 2.25 bits per heavy atom. The summed E-state index contributed by atoms with van der Waals surface area (Å²) in [6, 6.07) is 16.1. The summed E-state index contributed by atoms with van der Waals surface area (Å²) in [5, 5.41) is 13.1. The third-order valence-corrected chi connectivity index (χ3v) is 7.57. The minimum atomic E-state index is -0.226. The van der Waals surface area contributed by atoms with Crippen molar-refractivity contribution in [1.82, 2.24) is 39.3 Å². The van der Waals surface area contributed by atoms with Gasteiger partial charge in [0.25, 0.3) is 0 Å². The monoisotopic (exact) mass is 486 g/mol. The molecule has 2 aromatic heterocycles. The first-order chi connectivity index (χ1) is 17.7. The fourth-order valence-corrected chi connectivity index (χ4v) is 5.33. The van der Waals surface area contributed by atoms with Gasteiger partial charge in [0, 0.05) is 32.2 Å². The topological polar surface area (TPSA) is 67.9 Å². The van der Waals surface area contributed by atoms with Crippen LogP contribution in [0.5, 0.6) is 0 Å². The molecule has 0 amide bonds. The predicted molar refractivity (Wildman–Crippen MR) is 134 cm³/mol. The number of piperazine rings is 1. The largest absolute Gasteiger partial charge is 0.311 e. The Hall–Kier alpha value is -3.43. The fourth-order valence-electron chi connectivity index (χ4n) is 5.33. The molecule has 2 aromatic carbocycles. The van der Waals surface area contributed by atoms with Crippen LogP contribution in [0.2, 0.25) is 0 Å². The third-order valence-electron chi connectivity index (χ3n) is 7.57. The van der Waals surface area contributed by atoms with Gasteiger partial charge in [-0.15, -0.1) is 10.2 Å². The predicted octanol–water partition coefficient (Wildman–Crippen LogP) is 3.36. The van der Waals surface area contributed by atoms with Crippen molar-refractivity contribution in [2.24, 2.45) is 0 Å². The molecule has 1 unspecified atom stereocenters. The van der Waals surface area contributed by atoms with Gasteiger partial charge >= 0.3 is 0 Å². The van der Waals surface area contributed by atoms with Gasteiger partial charge in [-0.05, 0) is 41.7 Å². The molecule has 0 bridgehead atoms. The molecule has 2 aliphatic rings. The molecule has 4 aromatic rings. The highest BCUT2D eigenvalue weighted by Gasteiger charge is 2.33. The fraction of sp³-hybridized carbons (Fsp3) is 0.407. The average Bonchev–Trinajstić information content (AvgIpc) is 3.54. The van der Waals surface area contributed by atoms with Crippen molar-refractivity contribution in [3.05, 3.63) is 95.8 Å². The zero-order chi connectivity index (χ0) is 24.3. The summed E-state index contributed by atoms with van der Waals surface area (Å²) in [6.45, 7) is 5.43. The smallest absolute Gasteiger partial charge is 0.155 e. The highest BCUT2D eigenvalue weighted by Crippen LogP contribution is 2.31. The Kier molecular flexibility index (Phi) is 6.57. The van der Waals surface area contributed by atoms with Gasteiger partial charge in [-0.25, -0.2) is 14.1 Å². The SMILES string of the molecule is Fc1ccc(Cn2cnnc2C(c2ccc(Cn3cncn3)cc2)N2CCN(C3CCC3)CC2)cc1. The molecular formula is C27H31FN8. The molecule has 36 heavy (non-hydrogen) atoms. The van der Waals surface area contributed by atoms with Crippen molar-refractivity contribution in [2.75, 3.05) is 26.2 Å². The Bertz CT molecular complexity index is 1240. The number of halogens is 1. The van der Waals surface area contributed by atoms with Crippen LogP contribution in [-0.4, -0.2) is 71.5 Å². The van der Waals surface area contributed by atoms with Gasteiger partial charge in [-0.3, -0.25) is 9.80 Å². The normalized spacial score (nSPS) is 18.2. The van der Waals surface area contributed by atoms with E-state index >= 15 is 0 Å². The summed E-state index contributed by atoms with van der Waals surface area (Å²) in [5.41, 5.74) is 3.39. The van der Waals surface area contributed by atoms with Crippen LogP contribution >= 0.6 is 0 Å². The molecular weight excluding hydrogens is 455 g/mol. The molecule has 186 valence electrons. The lowest BCUT2D eigenvalue weighted by Crippen LogP contribution is -2.53. The molecule has 1 saturated carbocycles. The van der Waals surface area contributed by atoms with E-state index in [-0.39, 0.29) is 11.9 Å². The molecule has 0 spiro atoms. The van der Waals surface area contributed by atoms with Crippen LogP contribution in [0.15, 0.2) is 67.5 Å². The van der Waals surface area contributed by atoms with E-state index in [1.807, 2.05) is 16.8 Å². The molecule has 0 N–H and O–H groups in total. The number of hydrogen-bond acceptors (Lipinski definition) is 6. The summed E-state index contributed by atoms with van der Waals surface area (Å²) >= 11 is 0. The second-order valence-corrected chi connectivity index (χ2v) is 9.84. The van der Waals surface area contributed by atoms with Crippen LogP contribution in [0, 0.1) is 5.82 Å². The molecule has 1 aliphatic heterocycles. The van der Waals surface area contributed by atoms with E-state index < -0.39 is 0 Å². The maximum Gasteiger partial charge on any atom is 0.155 e. The number of nitrogens with zero attached hydrogens (tertiary/aromatic N) is 8. The van der Waals surface area contributed by atoms with Crippen molar-refractivity contribution in [3.63, 3.8) is 0 Å². The van der Waals surface area contributed by atoms with E-state index in [1.54, 1.807) is 19.0 Å². The van der Waals surface area contributed by atoms with Crippen molar-refractivity contribution >= 4 is 0 Å². The summed E-state index contributed by atoms with van der Waals surface area (Å²) in [7, 11) is 0. The molecule has 1 saturated heterocycles. The molecule has 0 radical (unpaired) electrons. The van der Waals surface area contributed by atoms with Gasteiger partial charge in [0.05, 0.1) is 19.1 Å². The van der Waals surface area contributed by atoms with Gasteiger partial charge < -0.3 is 4.57 Å². The van der Waals surface area contributed by atoms with Crippen molar-refractivity contribution in [3.8, 4) is 0 Å². The van der Waals surface area contributed by atoms with E-state index in [9.17, 15) is 4.39 Å². The number of hydrogen-bond donors (Lipinski definition) is 0. The number of rotatable bonds is 8. The van der Waals surface area contributed by atoms with Crippen molar-refractivity contribution in [2.45, 2.75) is 44.4 Å². The maximum atomic E-state index is 13.5. The Morgan fingerprint density at radius 1 is 0.861 bits per heavy atom. The molecule has 1 atom stereocenters. The number of aromatic nitrogens is 6. The second-order valence-electron chi connectivity index (χ2n) is 9.84. The summed E-state index contributed by atoms with van der Waals surface area (Å²) in [6.07, 6.45) is 9.11. The molecule has 3 heterocycles. The van der Waals surface area contributed by atoms with E-state index in [1.165, 1.54) is 42.5 Å². The lowest BCUT2D eigenvalue weighted by atomic mass is 9.91. The molecule has 8 nitrogen and oxygen atoms in total. The number of benzene rings is 2. The van der Waals surface area contributed by atoms with Crippen molar-refractivity contribution in [1.29, 1.82) is 0 Å². The van der Waals surface area contributed by atoms with Crippen LogP contribution in [0.25, 0.3) is 0 Å².